The molecular formula is C34H34FN7O. The van der Waals surface area contributed by atoms with Gasteiger partial charge in [-0.15, -0.1) is 0 Å². The first-order chi connectivity index (χ1) is 20.9. The van der Waals surface area contributed by atoms with Gasteiger partial charge in [0.05, 0.1) is 12.6 Å². The molecule has 0 spiro atoms. The smallest absolute Gasteiger partial charge is 0.239 e. The normalized spacial score (nSPS) is 20.0. The highest BCUT2D eigenvalue weighted by atomic mass is 19.1. The third-order valence-electron chi connectivity index (χ3n) is 9.50. The predicted molar refractivity (Wildman–Crippen MR) is 168 cm³/mol. The molecule has 9 heteroatoms. The number of benzene rings is 3. The van der Waals surface area contributed by atoms with Gasteiger partial charge in [-0.2, -0.15) is 5.26 Å². The van der Waals surface area contributed by atoms with Gasteiger partial charge in [0.1, 0.15) is 23.2 Å². The quantitative estimate of drug-likeness (QED) is 0.290. The molecule has 2 N–H and O–H groups in total. The number of aryl methyl sites for hydroxylation is 1. The molecule has 1 aromatic heterocycles. The van der Waals surface area contributed by atoms with Crippen LogP contribution in [0.15, 0.2) is 42.5 Å². The summed E-state index contributed by atoms with van der Waals surface area (Å²) in [4.78, 5) is 15.8. The standard InChI is InChI=1S/C34H34FN7O/c1-37-32-30-28(33(42-22-10-11-23(42)17-38-16-22)39-34(32)41-18-24(19-41)40(2)3)14-21(8-6-12-36)29(31(30)35)27-15-25(43)13-20-7-4-5-9-26(20)27/h4-5,7,9,13-15,22-24,38,43H,6,8,10-11,16-19H2,2-3H3. The van der Waals surface area contributed by atoms with Crippen LogP contribution in [0.3, 0.4) is 0 Å². The average Bonchev–Trinajstić information content (AvgIpc) is 3.21. The highest BCUT2D eigenvalue weighted by Gasteiger charge is 2.40. The van der Waals surface area contributed by atoms with Crippen molar-refractivity contribution in [1.82, 2.24) is 15.2 Å². The molecule has 4 aromatic rings. The van der Waals surface area contributed by atoms with Crippen LogP contribution in [0.25, 0.3) is 37.5 Å². The van der Waals surface area contributed by atoms with E-state index in [9.17, 15) is 10.4 Å². The molecular weight excluding hydrogens is 541 g/mol. The fourth-order valence-corrected chi connectivity index (χ4v) is 7.22. The second-order valence-electron chi connectivity index (χ2n) is 12.2. The third kappa shape index (κ3) is 4.43. The molecule has 2 unspecified atom stereocenters. The number of aromatic hydroxyl groups is 1. The number of aromatic nitrogens is 1. The van der Waals surface area contributed by atoms with Crippen LogP contribution in [0.2, 0.25) is 0 Å². The number of hydrogen-bond acceptors (Lipinski definition) is 7. The van der Waals surface area contributed by atoms with Gasteiger partial charge in [0.15, 0.2) is 0 Å². The number of anilines is 2. The molecule has 4 heterocycles. The van der Waals surface area contributed by atoms with E-state index in [1.165, 1.54) is 0 Å². The number of nitriles is 1. The number of phenols is 1. The lowest BCUT2D eigenvalue weighted by Crippen LogP contribution is -2.58. The Labute approximate surface area is 250 Å². The molecule has 2 bridgehead atoms. The van der Waals surface area contributed by atoms with Crippen LogP contribution in [0, 0.1) is 23.7 Å². The van der Waals surface area contributed by atoms with E-state index in [0.29, 0.717) is 53.4 Å². The van der Waals surface area contributed by atoms with Gasteiger partial charge in [-0.1, -0.05) is 24.3 Å². The van der Waals surface area contributed by atoms with Crippen molar-refractivity contribution in [3.63, 3.8) is 0 Å². The summed E-state index contributed by atoms with van der Waals surface area (Å²) in [6.45, 7) is 11.4. The first-order valence-electron chi connectivity index (χ1n) is 15.0. The van der Waals surface area contributed by atoms with E-state index in [0.717, 1.165) is 42.5 Å². The van der Waals surface area contributed by atoms with Crippen LogP contribution in [-0.4, -0.2) is 73.4 Å². The lowest BCUT2D eigenvalue weighted by Gasteiger charge is -2.45. The Balaban J connectivity index is 1.55. The molecule has 43 heavy (non-hydrogen) atoms. The Morgan fingerprint density at radius 1 is 1.12 bits per heavy atom. The van der Waals surface area contributed by atoms with E-state index in [1.807, 2.05) is 44.4 Å². The molecule has 3 aliphatic heterocycles. The minimum absolute atomic E-state index is 0.0358. The zero-order valence-electron chi connectivity index (χ0n) is 24.4. The summed E-state index contributed by atoms with van der Waals surface area (Å²) in [5, 5.41) is 26.2. The van der Waals surface area contributed by atoms with Crippen LogP contribution >= 0.6 is 0 Å². The van der Waals surface area contributed by atoms with Crippen LogP contribution in [0.4, 0.5) is 21.7 Å². The number of nitrogens with zero attached hydrogens (tertiary/aromatic N) is 6. The molecule has 3 aromatic carbocycles. The number of pyridine rings is 1. The Hall–Kier alpha value is -4.44. The summed E-state index contributed by atoms with van der Waals surface area (Å²) < 4.78 is 17.5. The molecule has 0 aliphatic carbocycles. The van der Waals surface area contributed by atoms with Crippen molar-refractivity contribution in [2.45, 2.75) is 43.8 Å². The Morgan fingerprint density at radius 2 is 1.86 bits per heavy atom. The van der Waals surface area contributed by atoms with Crippen molar-refractivity contribution in [3.8, 4) is 22.9 Å². The topological polar surface area (TPSA) is 83.0 Å². The minimum Gasteiger partial charge on any atom is -0.508 e. The zero-order chi connectivity index (χ0) is 29.8. The predicted octanol–water partition coefficient (Wildman–Crippen LogP) is 5.60. The summed E-state index contributed by atoms with van der Waals surface area (Å²) in [5.74, 6) is 0.797. The van der Waals surface area contributed by atoms with Gasteiger partial charge in [0, 0.05) is 67.1 Å². The van der Waals surface area contributed by atoms with E-state index in [4.69, 9.17) is 11.6 Å². The SMILES string of the molecule is [C-]#[N+]c1c(N2CC(N(C)C)C2)nc(N2C3CCC2CNC3)c2cc(CCC#N)c(-c3cc(O)cc4ccccc34)c(F)c12. The van der Waals surface area contributed by atoms with Crippen LogP contribution < -0.4 is 15.1 Å². The molecule has 3 fully saturated rings. The first-order valence-corrected chi connectivity index (χ1v) is 15.0. The Bertz CT molecular complexity index is 1820. The largest absolute Gasteiger partial charge is 0.508 e. The number of nitrogens with one attached hydrogen (secondary N) is 1. The van der Waals surface area contributed by atoms with Crippen molar-refractivity contribution >= 4 is 38.9 Å². The Morgan fingerprint density at radius 3 is 2.56 bits per heavy atom. The fraction of sp³-hybridized carbons (Fsp3) is 0.382. The molecule has 3 saturated heterocycles. The monoisotopic (exact) mass is 575 g/mol. The van der Waals surface area contributed by atoms with E-state index in [2.05, 4.69) is 30.9 Å². The van der Waals surface area contributed by atoms with Gasteiger partial charge < -0.3 is 25.1 Å². The third-order valence-corrected chi connectivity index (χ3v) is 9.50. The number of halogens is 1. The first kappa shape index (κ1) is 27.4. The van der Waals surface area contributed by atoms with E-state index >= 15 is 4.39 Å². The second-order valence-corrected chi connectivity index (χ2v) is 12.2. The number of phenolic OH excluding ortho intramolecular Hbond substituents is 1. The summed E-state index contributed by atoms with van der Waals surface area (Å²) >= 11 is 0. The van der Waals surface area contributed by atoms with Crippen molar-refractivity contribution in [2.75, 3.05) is 50.1 Å². The number of likely N-dealkylation sites (N-methyl/N-ethyl adjacent to an activating group) is 1. The van der Waals surface area contributed by atoms with E-state index in [1.54, 1.807) is 12.1 Å². The van der Waals surface area contributed by atoms with Gasteiger partial charge in [-0.05, 0) is 73.5 Å². The van der Waals surface area contributed by atoms with Gasteiger partial charge in [0.25, 0.3) is 0 Å². The van der Waals surface area contributed by atoms with Crippen molar-refractivity contribution in [1.29, 1.82) is 5.26 Å². The van der Waals surface area contributed by atoms with E-state index in [-0.39, 0.29) is 35.3 Å². The van der Waals surface area contributed by atoms with Crippen molar-refractivity contribution < 1.29 is 9.50 Å². The summed E-state index contributed by atoms with van der Waals surface area (Å²) in [7, 11) is 4.09. The number of rotatable bonds is 6. The van der Waals surface area contributed by atoms with Gasteiger partial charge in [-0.25, -0.2) is 14.2 Å². The van der Waals surface area contributed by atoms with Crippen molar-refractivity contribution in [2.24, 2.45) is 0 Å². The lowest BCUT2D eigenvalue weighted by molar-refractivity contribution is 0.246. The molecule has 3 aliphatic rings. The van der Waals surface area contributed by atoms with Crippen LogP contribution in [-0.2, 0) is 6.42 Å². The fourth-order valence-electron chi connectivity index (χ4n) is 7.22. The molecule has 218 valence electrons. The van der Waals surface area contributed by atoms with Crippen LogP contribution in [0.5, 0.6) is 5.75 Å². The molecule has 7 rings (SSSR count). The summed E-state index contributed by atoms with van der Waals surface area (Å²) in [5.41, 5.74) is 1.78. The molecule has 0 saturated carbocycles. The minimum atomic E-state index is -0.496. The molecule has 8 nitrogen and oxygen atoms in total. The van der Waals surface area contributed by atoms with Gasteiger partial charge in [0.2, 0.25) is 5.69 Å². The maximum Gasteiger partial charge on any atom is 0.239 e. The zero-order valence-corrected chi connectivity index (χ0v) is 24.4. The van der Waals surface area contributed by atoms with Crippen molar-refractivity contribution in [3.05, 3.63) is 65.3 Å². The maximum absolute atomic E-state index is 17.5. The maximum atomic E-state index is 17.5. The Kier molecular flexibility index (Phi) is 6.80. The van der Waals surface area contributed by atoms with Gasteiger partial charge >= 0.3 is 0 Å². The van der Waals surface area contributed by atoms with Gasteiger partial charge in [-0.3, -0.25) is 0 Å². The molecule has 2 atom stereocenters. The average molecular weight is 576 g/mol. The lowest BCUT2D eigenvalue weighted by atomic mass is 9.89. The number of fused-ring (bicyclic) bond motifs is 4. The number of hydrogen-bond donors (Lipinski definition) is 2. The highest BCUT2D eigenvalue weighted by Crippen LogP contribution is 2.49. The number of piperazine rings is 1. The molecule has 0 amide bonds. The summed E-state index contributed by atoms with van der Waals surface area (Å²) in [6.07, 6.45) is 2.61. The van der Waals surface area contributed by atoms with Crippen LogP contribution in [0.1, 0.15) is 24.8 Å². The highest BCUT2D eigenvalue weighted by molar-refractivity contribution is 6.10. The van der Waals surface area contributed by atoms with E-state index < -0.39 is 5.82 Å². The second kappa shape index (κ2) is 10.7. The molecule has 0 radical (unpaired) electrons. The summed E-state index contributed by atoms with van der Waals surface area (Å²) in [6, 6.07) is 15.9.